The number of rotatable bonds is 3. The summed E-state index contributed by atoms with van der Waals surface area (Å²) in [4.78, 5) is 3.46. The number of benzene rings is 2. The molecule has 0 spiro atoms. The largest absolute Gasteiger partial charge is 0.369 e. The van der Waals surface area contributed by atoms with Crippen LogP contribution in [0, 0.1) is 5.41 Å². The molecule has 3 aromatic rings. The first-order valence-electron chi connectivity index (χ1n) is 7.07. The molecule has 1 aromatic heterocycles. The predicted molar refractivity (Wildman–Crippen MR) is 98.7 cm³/mol. The minimum atomic E-state index is -0.186. The minimum absolute atomic E-state index is 0.186. The lowest BCUT2D eigenvalue weighted by Gasteiger charge is -2.06. The summed E-state index contributed by atoms with van der Waals surface area (Å²) >= 11 is 3.46. The Morgan fingerprint density at radius 1 is 1.17 bits per heavy atom. The highest BCUT2D eigenvalue weighted by molar-refractivity contribution is 9.10. The van der Waals surface area contributed by atoms with E-state index >= 15 is 0 Å². The summed E-state index contributed by atoms with van der Waals surface area (Å²) in [5.41, 5.74) is 12.7. The zero-order valence-corrected chi connectivity index (χ0v) is 14.1. The number of hydrazone groups is 1. The maximum absolute atomic E-state index is 7.26. The fourth-order valence-corrected chi connectivity index (χ4v) is 2.82. The molecule has 5 nitrogen and oxygen atoms in total. The number of nitrogens with zero attached hydrogens (tertiary/aromatic N) is 1. The number of nitrogens with one attached hydrogen (secondary N) is 3. The average Bonchev–Trinajstić information content (AvgIpc) is 2.92. The molecule has 1 heterocycles. The van der Waals surface area contributed by atoms with Gasteiger partial charge < -0.3 is 10.7 Å². The van der Waals surface area contributed by atoms with E-state index in [0.717, 1.165) is 37.9 Å². The Morgan fingerprint density at radius 3 is 2.57 bits per heavy atom. The van der Waals surface area contributed by atoms with Gasteiger partial charge in [0, 0.05) is 20.9 Å². The van der Waals surface area contributed by atoms with Crippen LogP contribution in [0.5, 0.6) is 0 Å². The fourth-order valence-electron chi connectivity index (χ4n) is 2.55. The first kappa shape index (κ1) is 15.3. The van der Waals surface area contributed by atoms with Gasteiger partial charge in [-0.1, -0.05) is 46.3 Å². The Kier molecular flexibility index (Phi) is 4.16. The van der Waals surface area contributed by atoms with E-state index in [9.17, 15) is 0 Å². The lowest BCUT2D eigenvalue weighted by Crippen LogP contribution is -2.26. The van der Waals surface area contributed by atoms with Crippen LogP contribution in [0.4, 0.5) is 0 Å². The van der Waals surface area contributed by atoms with Crippen molar-refractivity contribution in [1.29, 1.82) is 5.41 Å². The molecule has 0 saturated heterocycles. The SMILES string of the molecule is C/C(=N/NC(=N)N)c1c(-c2ccc(Br)cc2)[nH]c2ccccc12. The molecule has 6 heteroatoms. The van der Waals surface area contributed by atoms with Crippen LogP contribution >= 0.6 is 15.9 Å². The van der Waals surface area contributed by atoms with Gasteiger partial charge in [-0.15, -0.1) is 0 Å². The van der Waals surface area contributed by atoms with E-state index in [-0.39, 0.29) is 5.96 Å². The van der Waals surface area contributed by atoms with Gasteiger partial charge in [-0.3, -0.25) is 5.41 Å². The van der Waals surface area contributed by atoms with Crippen LogP contribution in [0.15, 0.2) is 58.1 Å². The molecule has 0 aliphatic carbocycles. The van der Waals surface area contributed by atoms with Crippen molar-refractivity contribution in [3.05, 3.63) is 58.6 Å². The second-order valence-corrected chi connectivity index (χ2v) is 6.07. The van der Waals surface area contributed by atoms with E-state index < -0.39 is 0 Å². The number of fused-ring (bicyclic) bond motifs is 1. The number of halogens is 1. The van der Waals surface area contributed by atoms with Crippen molar-refractivity contribution in [1.82, 2.24) is 10.4 Å². The Labute approximate surface area is 142 Å². The van der Waals surface area contributed by atoms with Gasteiger partial charge in [-0.25, -0.2) is 5.43 Å². The summed E-state index contributed by atoms with van der Waals surface area (Å²) in [6.45, 7) is 1.90. The molecule has 0 aliphatic rings. The second kappa shape index (κ2) is 6.26. The number of nitrogens with two attached hydrogens (primary N) is 1. The summed E-state index contributed by atoms with van der Waals surface area (Å²) < 4.78 is 1.03. The van der Waals surface area contributed by atoms with Crippen molar-refractivity contribution in [3.63, 3.8) is 0 Å². The summed E-state index contributed by atoms with van der Waals surface area (Å²) in [7, 11) is 0. The molecule has 0 bridgehead atoms. The molecule has 0 aliphatic heterocycles. The molecule has 3 rings (SSSR count). The third-order valence-corrected chi connectivity index (χ3v) is 4.07. The van der Waals surface area contributed by atoms with Crippen LogP contribution in [0.2, 0.25) is 0 Å². The van der Waals surface area contributed by atoms with E-state index in [0.29, 0.717) is 0 Å². The Morgan fingerprint density at radius 2 is 1.87 bits per heavy atom. The number of H-pyrrole nitrogens is 1. The first-order valence-corrected chi connectivity index (χ1v) is 7.87. The number of aromatic nitrogens is 1. The van der Waals surface area contributed by atoms with Crippen molar-refractivity contribution in [2.24, 2.45) is 10.8 Å². The van der Waals surface area contributed by atoms with Gasteiger partial charge in [-0.2, -0.15) is 5.10 Å². The zero-order chi connectivity index (χ0) is 16.4. The van der Waals surface area contributed by atoms with Crippen LogP contribution in [0.1, 0.15) is 12.5 Å². The van der Waals surface area contributed by atoms with Crippen molar-refractivity contribution >= 4 is 38.5 Å². The number of aromatic amines is 1. The molecule has 0 unspecified atom stereocenters. The van der Waals surface area contributed by atoms with Crippen molar-refractivity contribution < 1.29 is 0 Å². The van der Waals surface area contributed by atoms with Gasteiger partial charge >= 0.3 is 0 Å². The van der Waals surface area contributed by atoms with Crippen LogP contribution in [-0.2, 0) is 0 Å². The zero-order valence-electron chi connectivity index (χ0n) is 12.5. The summed E-state index contributed by atoms with van der Waals surface area (Å²) in [6, 6.07) is 16.2. The highest BCUT2D eigenvalue weighted by Crippen LogP contribution is 2.31. The summed E-state index contributed by atoms with van der Waals surface area (Å²) in [5.74, 6) is -0.186. The Bertz CT molecular complexity index is 893. The van der Waals surface area contributed by atoms with Crippen molar-refractivity contribution in [3.8, 4) is 11.3 Å². The van der Waals surface area contributed by atoms with Gasteiger partial charge in [0.15, 0.2) is 0 Å². The minimum Gasteiger partial charge on any atom is -0.369 e. The lowest BCUT2D eigenvalue weighted by atomic mass is 10.0. The first-order chi connectivity index (χ1) is 11.1. The highest BCUT2D eigenvalue weighted by atomic mass is 79.9. The summed E-state index contributed by atoms with van der Waals surface area (Å²) in [6.07, 6.45) is 0. The molecule has 5 N–H and O–H groups in total. The fraction of sp³-hybridized carbons (Fsp3) is 0.0588. The third kappa shape index (κ3) is 3.12. The van der Waals surface area contributed by atoms with E-state index in [2.05, 4.69) is 37.5 Å². The van der Waals surface area contributed by atoms with Crippen LogP contribution < -0.4 is 11.2 Å². The Hall–Kier alpha value is -2.60. The molecule has 0 radical (unpaired) electrons. The molecule has 0 fully saturated rings. The van der Waals surface area contributed by atoms with Crippen molar-refractivity contribution in [2.45, 2.75) is 6.92 Å². The lowest BCUT2D eigenvalue weighted by molar-refractivity contribution is 0.992. The molecule has 0 saturated carbocycles. The molecular formula is C17H16BrN5. The number of hydrogen-bond acceptors (Lipinski definition) is 2. The highest BCUT2D eigenvalue weighted by Gasteiger charge is 2.15. The van der Waals surface area contributed by atoms with Crippen LogP contribution in [0.3, 0.4) is 0 Å². The monoisotopic (exact) mass is 369 g/mol. The van der Waals surface area contributed by atoms with Gasteiger partial charge in [0.05, 0.1) is 11.4 Å². The maximum Gasteiger partial charge on any atom is 0.206 e. The smallest absolute Gasteiger partial charge is 0.206 e. The normalized spacial score (nSPS) is 11.7. The second-order valence-electron chi connectivity index (χ2n) is 5.15. The predicted octanol–water partition coefficient (Wildman–Crippen LogP) is 3.80. The van der Waals surface area contributed by atoms with Gasteiger partial charge in [-0.05, 0) is 30.7 Å². The number of para-hydroxylation sites is 1. The van der Waals surface area contributed by atoms with E-state index in [4.69, 9.17) is 11.1 Å². The van der Waals surface area contributed by atoms with E-state index in [1.54, 1.807) is 0 Å². The molecule has 116 valence electrons. The van der Waals surface area contributed by atoms with Crippen LogP contribution in [-0.4, -0.2) is 16.7 Å². The van der Waals surface area contributed by atoms with Crippen molar-refractivity contribution in [2.75, 3.05) is 0 Å². The third-order valence-electron chi connectivity index (χ3n) is 3.54. The van der Waals surface area contributed by atoms with E-state index in [1.807, 2.05) is 49.4 Å². The maximum atomic E-state index is 7.26. The molecule has 0 atom stereocenters. The summed E-state index contributed by atoms with van der Waals surface area (Å²) in [5, 5.41) is 12.6. The molecule has 2 aromatic carbocycles. The topological polar surface area (TPSA) is 90.1 Å². The quantitative estimate of drug-likeness (QED) is 0.321. The van der Waals surface area contributed by atoms with Gasteiger partial charge in [0.2, 0.25) is 5.96 Å². The molecule has 23 heavy (non-hydrogen) atoms. The number of hydrogen-bond donors (Lipinski definition) is 4. The van der Waals surface area contributed by atoms with Crippen LogP contribution in [0.25, 0.3) is 22.2 Å². The Balaban J connectivity index is 2.21. The molecular weight excluding hydrogens is 354 g/mol. The standard InChI is InChI=1S/C17H16BrN5/c1-10(22-23-17(19)20)15-13-4-2-3-5-14(13)21-16(15)11-6-8-12(18)9-7-11/h2-9,21H,1H3,(H4,19,20,23)/b22-10-. The number of guanidine groups is 1. The van der Waals surface area contributed by atoms with Gasteiger partial charge in [0.25, 0.3) is 0 Å². The molecule has 0 amide bonds. The van der Waals surface area contributed by atoms with Gasteiger partial charge in [0.1, 0.15) is 0 Å². The van der Waals surface area contributed by atoms with E-state index in [1.165, 1.54) is 0 Å². The average molecular weight is 370 g/mol.